The molecule has 0 unspecified atom stereocenters. The molecule has 0 amide bonds. The number of nitrogens with one attached hydrogen (secondary N) is 1. The molecule has 0 aliphatic heterocycles. The van der Waals surface area contributed by atoms with E-state index in [1.807, 2.05) is 18.2 Å². The summed E-state index contributed by atoms with van der Waals surface area (Å²) in [6.45, 7) is 2.09. The monoisotopic (exact) mass is 257 g/mol. The molecule has 0 atom stereocenters. The quantitative estimate of drug-likeness (QED) is 0.791. The number of rotatable bonds is 1. The van der Waals surface area contributed by atoms with E-state index in [1.165, 1.54) is 0 Å². The number of H-pyrrole nitrogens is 1. The van der Waals surface area contributed by atoms with E-state index in [-0.39, 0.29) is 0 Å². The molecule has 0 bridgehead atoms. The van der Waals surface area contributed by atoms with Gasteiger partial charge in [0, 0.05) is 21.1 Å². The molecular formula is C10H9BrClN. The van der Waals surface area contributed by atoms with Gasteiger partial charge in [0.25, 0.3) is 0 Å². The van der Waals surface area contributed by atoms with E-state index in [9.17, 15) is 0 Å². The summed E-state index contributed by atoms with van der Waals surface area (Å²) in [6, 6.07) is 6.03. The smallest absolute Gasteiger partial charge is 0.0703 e. The summed E-state index contributed by atoms with van der Waals surface area (Å²) in [6.07, 6.45) is 0.931. The van der Waals surface area contributed by atoms with Crippen molar-refractivity contribution in [2.75, 3.05) is 0 Å². The number of hydrogen-bond donors (Lipinski definition) is 1. The fraction of sp³-hybridized carbons (Fsp3) is 0.200. The van der Waals surface area contributed by atoms with Gasteiger partial charge in [-0.15, -0.1) is 0 Å². The number of aryl methyl sites for hydroxylation is 1. The first kappa shape index (κ1) is 9.10. The van der Waals surface area contributed by atoms with E-state index < -0.39 is 0 Å². The molecule has 0 saturated heterocycles. The maximum atomic E-state index is 6.20. The van der Waals surface area contributed by atoms with Crippen LogP contribution >= 0.6 is 27.5 Å². The number of halogens is 2. The second-order valence-corrected chi connectivity index (χ2v) is 4.17. The molecule has 0 aliphatic carbocycles. The van der Waals surface area contributed by atoms with Crippen LogP contribution in [0.1, 0.15) is 12.6 Å². The largest absolute Gasteiger partial charge is 0.357 e. The average Bonchev–Trinajstić information content (AvgIpc) is 2.44. The van der Waals surface area contributed by atoms with E-state index >= 15 is 0 Å². The van der Waals surface area contributed by atoms with Crippen LogP contribution in [-0.4, -0.2) is 4.98 Å². The maximum Gasteiger partial charge on any atom is 0.0703 e. The van der Waals surface area contributed by atoms with Crippen LogP contribution in [0.25, 0.3) is 10.9 Å². The summed E-state index contributed by atoms with van der Waals surface area (Å²) in [7, 11) is 0. The van der Waals surface area contributed by atoms with Crippen LogP contribution in [0.2, 0.25) is 5.02 Å². The lowest BCUT2D eigenvalue weighted by Gasteiger charge is -1.93. The Balaban J connectivity index is 2.85. The molecule has 0 saturated carbocycles. The molecule has 0 radical (unpaired) electrons. The van der Waals surface area contributed by atoms with Crippen LogP contribution in [0.3, 0.4) is 0 Å². The first-order chi connectivity index (χ1) is 6.24. The lowest BCUT2D eigenvalue weighted by molar-refractivity contribution is 1.07. The van der Waals surface area contributed by atoms with Crippen molar-refractivity contribution in [2.24, 2.45) is 0 Å². The predicted octanol–water partition coefficient (Wildman–Crippen LogP) is 4.15. The maximum absolute atomic E-state index is 6.20. The first-order valence-corrected chi connectivity index (χ1v) is 5.35. The Morgan fingerprint density at radius 3 is 2.85 bits per heavy atom. The Labute approximate surface area is 90.2 Å². The van der Waals surface area contributed by atoms with E-state index in [1.54, 1.807) is 0 Å². The van der Waals surface area contributed by atoms with Gasteiger partial charge in [-0.3, -0.25) is 0 Å². The molecule has 0 aliphatic rings. The van der Waals surface area contributed by atoms with Gasteiger partial charge in [-0.05, 0) is 18.6 Å². The Hall–Kier alpha value is -0.470. The van der Waals surface area contributed by atoms with Crippen molar-refractivity contribution in [3.05, 3.63) is 33.4 Å². The minimum atomic E-state index is 0.838. The zero-order valence-electron chi connectivity index (χ0n) is 7.20. The van der Waals surface area contributed by atoms with Gasteiger partial charge in [-0.25, -0.2) is 0 Å². The number of aromatic nitrogens is 1. The van der Waals surface area contributed by atoms with Crippen LogP contribution in [0.4, 0.5) is 0 Å². The highest BCUT2D eigenvalue weighted by Crippen LogP contribution is 2.33. The van der Waals surface area contributed by atoms with Gasteiger partial charge in [0.1, 0.15) is 0 Å². The van der Waals surface area contributed by atoms with E-state index in [4.69, 9.17) is 11.6 Å². The first-order valence-electron chi connectivity index (χ1n) is 4.18. The molecule has 2 aromatic rings. The van der Waals surface area contributed by atoms with Crippen LogP contribution in [-0.2, 0) is 6.42 Å². The topological polar surface area (TPSA) is 15.8 Å². The third-order valence-electron chi connectivity index (χ3n) is 2.14. The van der Waals surface area contributed by atoms with E-state index in [0.717, 1.165) is 32.5 Å². The summed E-state index contributed by atoms with van der Waals surface area (Å²) >= 11 is 9.69. The fourth-order valence-corrected chi connectivity index (χ4v) is 2.53. The summed E-state index contributed by atoms with van der Waals surface area (Å²) in [4.78, 5) is 3.29. The third-order valence-corrected chi connectivity index (χ3v) is 3.22. The molecule has 1 aromatic carbocycles. The highest BCUT2D eigenvalue weighted by molar-refractivity contribution is 9.10. The lowest BCUT2D eigenvalue weighted by Crippen LogP contribution is -1.77. The lowest BCUT2D eigenvalue weighted by atomic mass is 10.2. The van der Waals surface area contributed by atoms with Crippen LogP contribution < -0.4 is 0 Å². The van der Waals surface area contributed by atoms with Gasteiger partial charge in [0.05, 0.1) is 5.02 Å². The number of benzene rings is 1. The summed E-state index contributed by atoms with van der Waals surface area (Å²) in [5.41, 5.74) is 2.19. The fourth-order valence-electron chi connectivity index (χ4n) is 1.46. The Kier molecular flexibility index (Phi) is 2.35. The van der Waals surface area contributed by atoms with Crippen molar-refractivity contribution >= 4 is 38.4 Å². The van der Waals surface area contributed by atoms with Crippen molar-refractivity contribution in [1.82, 2.24) is 4.98 Å². The Morgan fingerprint density at radius 2 is 2.23 bits per heavy atom. The molecule has 3 heteroatoms. The van der Waals surface area contributed by atoms with Crippen molar-refractivity contribution in [1.29, 1.82) is 0 Å². The van der Waals surface area contributed by atoms with Crippen molar-refractivity contribution < 1.29 is 0 Å². The van der Waals surface area contributed by atoms with Gasteiger partial charge in [0.2, 0.25) is 0 Å². The van der Waals surface area contributed by atoms with Gasteiger partial charge < -0.3 is 4.98 Å². The highest BCUT2D eigenvalue weighted by atomic mass is 79.9. The van der Waals surface area contributed by atoms with E-state index in [2.05, 4.69) is 27.8 Å². The van der Waals surface area contributed by atoms with Crippen molar-refractivity contribution in [3.63, 3.8) is 0 Å². The SMILES string of the molecule is CCc1[nH]c2cccc(Br)c2c1Cl. The van der Waals surface area contributed by atoms with Gasteiger partial charge in [-0.1, -0.05) is 40.5 Å². The second-order valence-electron chi connectivity index (χ2n) is 2.93. The van der Waals surface area contributed by atoms with Gasteiger partial charge >= 0.3 is 0 Å². The standard InChI is InChI=1S/C10H9BrClN/c1-2-7-10(12)9-6(11)4-3-5-8(9)13-7/h3-5,13H,2H2,1H3. The summed E-state index contributed by atoms with van der Waals surface area (Å²) < 4.78 is 1.05. The van der Waals surface area contributed by atoms with Gasteiger partial charge in [-0.2, -0.15) is 0 Å². The highest BCUT2D eigenvalue weighted by Gasteiger charge is 2.09. The van der Waals surface area contributed by atoms with Crippen molar-refractivity contribution in [3.8, 4) is 0 Å². The average molecular weight is 259 g/mol. The molecule has 1 heterocycles. The molecule has 13 heavy (non-hydrogen) atoms. The molecule has 2 rings (SSSR count). The minimum Gasteiger partial charge on any atom is -0.357 e. The molecule has 1 aromatic heterocycles. The minimum absolute atomic E-state index is 0.838. The Morgan fingerprint density at radius 1 is 1.46 bits per heavy atom. The van der Waals surface area contributed by atoms with Crippen molar-refractivity contribution in [2.45, 2.75) is 13.3 Å². The third kappa shape index (κ3) is 1.38. The molecular weight excluding hydrogens is 249 g/mol. The number of hydrogen-bond acceptors (Lipinski definition) is 0. The van der Waals surface area contributed by atoms with E-state index in [0.29, 0.717) is 0 Å². The summed E-state index contributed by atoms with van der Waals surface area (Å²) in [5.74, 6) is 0. The Bertz CT molecular complexity index is 447. The molecule has 0 fully saturated rings. The molecule has 1 nitrogen and oxygen atoms in total. The molecule has 1 N–H and O–H groups in total. The molecule has 0 spiro atoms. The normalized spacial score (nSPS) is 11.0. The number of fused-ring (bicyclic) bond motifs is 1. The van der Waals surface area contributed by atoms with Crippen LogP contribution in [0.15, 0.2) is 22.7 Å². The zero-order valence-corrected chi connectivity index (χ0v) is 9.54. The molecule has 68 valence electrons. The second kappa shape index (κ2) is 3.35. The zero-order chi connectivity index (χ0) is 9.42. The van der Waals surface area contributed by atoms with Crippen LogP contribution in [0.5, 0.6) is 0 Å². The van der Waals surface area contributed by atoms with Crippen LogP contribution in [0, 0.1) is 0 Å². The summed E-state index contributed by atoms with van der Waals surface area (Å²) in [5, 5.41) is 1.92. The van der Waals surface area contributed by atoms with Gasteiger partial charge in [0.15, 0.2) is 0 Å². The predicted molar refractivity (Wildman–Crippen MR) is 60.4 cm³/mol. The number of aromatic amines is 1.